The van der Waals surface area contributed by atoms with Gasteiger partial charge in [-0.2, -0.15) is 0 Å². The molecule has 0 heterocycles. The number of hydrogen-bond donors (Lipinski definition) is 1. The third kappa shape index (κ3) is 10.6. The van der Waals surface area contributed by atoms with Crippen molar-refractivity contribution in [2.75, 3.05) is 13.2 Å². The summed E-state index contributed by atoms with van der Waals surface area (Å²) in [6, 6.07) is 0. The summed E-state index contributed by atoms with van der Waals surface area (Å²) in [5.74, 6) is 0.637. The minimum atomic E-state index is -3.22. The second-order valence-electron chi connectivity index (χ2n) is 3.83. The highest BCUT2D eigenvalue weighted by Crippen LogP contribution is 2.39. The van der Waals surface area contributed by atoms with Crippen molar-refractivity contribution in [1.82, 2.24) is 6.15 Å². The zero-order chi connectivity index (χ0) is 10.5. The van der Waals surface area contributed by atoms with Crippen molar-refractivity contribution in [2.45, 2.75) is 27.7 Å². The first-order valence-corrected chi connectivity index (χ1v) is 6.99. The molecule has 0 spiro atoms. The second kappa shape index (κ2) is 7.74. The molecule has 4 nitrogen and oxygen atoms in total. The predicted octanol–water partition coefficient (Wildman–Crippen LogP) is 2.29. The zero-order valence-corrected chi connectivity index (χ0v) is 11.4. The number of rotatable bonds is 6. The van der Waals surface area contributed by atoms with Crippen molar-refractivity contribution in [3.05, 3.63) is 0 Å². The fourth-order valence-corrected chi connectivity index (χ4v) is 1.92. The molecule has 0 radical (unpaired) electrons. The Balaban J connectivity index is 0. The van der Waals surface area contributed by atoms with E-state index in [0.717, 1.165) is 0 Å². The molecule has 4 N–H and O–H groups in total. The van der Waals surface area contributed by atoms with Gasteiger partial charge in [0.2, 0.25) is 0 Å². The maximum absolute atomic E-state index is 11.4. The molecule has 0 aliphatic heterocycles. The Hall–Kier alpha value is 0.490. The van der Waals surface area contributed by atoms with Gasteiger partial charge in [-0.1, -0.05) is 39.5 Å². The van der Waals surface area contributed by atoms with Crippen molar-refractivity contribution >= 4 is 18.5 Å². The average Bonchev–Trinajstić information content (AvgIpc) is 1.98. The number of hydrogen-bond acceptors (Lipinski definition) is 4. The van der Waals surface area contributed by atoms with Crippen LogP contribution in [0.5, 0.6) is 0 Å². The molecular formula is C8H22NO3PS. The third-order valence-corrected chi connectivity index (χ3v) is 2.70. The molecule has 0 aromatic rings. The van der Waals surface area contributed by atoms with Crippen LogP contribution in [0.4, 0.5) is 0 Å². The lowest BCUT2D eigenvalue weighted by Crippen LogP contribution is -2.13. The average molecular weight is 243 g/mol. The molecule has 0 atom stereocenters. The predicted molar refractivity (Wildman–Crippen MR) is 61.8 cm³/mol. The highest BCUT2D eigenvalue weighted by atomic mass is 32.5. The molecule has 0 aromatic carbocycles. The SMILES string of the molecule is CC(C)COP([O-])(=S)OCC(C)C.[NH4+]. The van der Waals surface area contributed by atoms with Gasteiger partial charge in [0.25, 0.3) is 0 Å². The third-order valence-electron chi connectivity index (χ3n) is 1.13. The zero-order valence-electron chi connectivity index (χ0n) is 9.65. The summed E-state index contributed by atoms with van der Waals surface area (Å²) in [5, 5.41) is 0. The van der Waals surface area contributed by atoms with E-state index in [1.54, 1.807) is 0 Å². The second-order valence-corrected chi connectivity index (χ2v) is 6.58. The van der Waals surface area contributed by atoms with Gasteiger partial charge in [-0.05, 0) is 11.8 Å². The van der Waals surface area contributed by atoms with Gasteiger partial charge in [0.05, 0.1) is 13.2 Å². The van der Waals surface area contributed by atoms with Crippen LogP contribution in [0, 0.1) is 11.8 Å². The lowest BCUT2D eigenvalue weighted by atomic mass is 10.2. The molecule has 88 valence electrons. The summed E-state index contributed by atoms with van der Waals surface area (Å²) >= 11 is 4.69. The standard InChI is InChI=1S/C8H19O3PS.H3N/c1-7(2)5-10-12(9,13)11-6-8(3)4;/h7-8H,5-6H2,1-4H3,(H,9,13);1H3. The Kier molecular flexibility index (Phi) is 9.34. The molecule has 0 fully saturated rings. The van der Waals surface area contributed by atoms with Gasteiger partial charge in [0.1, 0.15) is 6.72 Å². The summed E-state index contributed by atoms with van der Waals surface area (Å²) in [5.41, 5.74) is 0. The molecule has 0 rings (SSSR count). The van der Waals surface area contributed by atoms with Gasteiger partial charge in [0.15, 0.2) is 0 Å². The van der Waals surface area contributed by atoms with Crippen LogP contribution < -0.4 is 11.0 Å². The Morgan fingerprint density at radius 2 is 1.36 bits per heavy atom. The van der Waals surface area contributed by atoms with E-state index in [-0.39, 0.29) is 6.15 Å². The van der Waals surface area contributed by atoms with Gasteiger partial charge in [-0.3, -0.25) is 0 Å². The Morgan fingerprint density at radius 1 is 1.07 bits per heavy atom. The van der Waals surface area contributed by atoms with Gasteiger partial charge < -0.3 is 20.1 Å². The minimum absolute atomic E-state index is 0. The van der Waals surface area contributed by atoms with Crippen LogP contribution in [0.1, 0.15) is 27.7 Å². The van der Waals surface area contributed by atoms with E-state index in [0.29, 0.717) is 25.0 Å². The molecule has 0 amide bonds. The van der Waals surface area contributed by atoms with Crippen molar-refractivity contribution in [3.63, 3.8) is 0 Å². The lowest BCUT2D eigenvalue weighted by Gasteiger charge is -2.28. The normalized spacial score (nSPS) is 11.9. The fourth-order valence-electron chi connectivity index (χ4n) is 0.518. The molecule has 0 saturated heterocycles. The van der Waals surface area contributed by atoms with E-state index in [1.165, 1.54) is 0 Å². The summed E-state index contributed by atoms with van der Waals surface area (Å²) < 4.78 is 9.98. The Labute approximate surface area is 91.8 Å². The van der Waals surface area contributed by atoms with Crippen LogP contribution in [0.3, 0.4) is 0 Å². The lowest BCUT2D eigenvalue weighted by molar-refractivity contribution is -0.208. The molecule has 0 bridgehead atoms. The topological polar surface area (TPSA) is 78.0 Å². The summed E-state index contributed by atoms with van der Waals surface area (Å²) in [6.45, 7) is 5.44. The van der Waals surface area contributed by atoms with Crippen LogP contribution >= 0.6 is 6.72 Å². The van der Waals surface area contributed by atoms with E-state index in [4.69, 9.17) is 20.9 Å². The van der Waals surface area contributed by atoms with Gasteiger partial charge in [0, 0.05) is 0 Å². The molecule has 0 saturated carbocycles. The highest BCUT2D eigenvalue weighted by Gasteiger charge is 2.06. The van der Waals surface area contributed by atoms with Crippen LogP contribution in [-0.4, -0.2) is 13.2 Å². The fraction of sp³-hybridized carbons (Fsp3) is 1.00. The van der Waals surface area contributed by atoms with E-state index < -0.39 is 6.72 Å². The van der Waals surface area contributed by atoms with Gasteiger partial charge >= 0.3 is 0 Å². The monoisotopic (exact) mass is 243 g/mol. The Morgan fingerprint density at radius 3 is 1.57 bits per heavy atom. The molecule has 6 heteroatoms. The van der Waals surface area contributed by atoms with E-state index >= 15 is 0 Å². The van der Waals surface area contributed by atoms with Crippen molar-refractivity contribution in [2.24, 2.45) is 11.8 Å². The first-order valence-electron chi connectivity index (χ1n) is 4.43. The van der Waals surface area contributed by atoms with Crippen molar-refractivity contribution in [3.8, 4) is 0 Å². The molecule has 0 aliphatic rings. The van der Waals surface area contributed by atoms with Crippen molar-refractivity contribution in [1.29, 1.82) is 0 Å². The van der Waals surface area contributed by atoms with Gasteiger partial charge in [-0.25, -0.2) is 0 Å². The smallest absolute Gasteiger partial charge is 0.115 e. The van der Waals surface area contributed by atoms with Crippen LogP contribution in [0.2, 0.25) is 0 Å². The van der Waals surface area contributed by atoms with Crippen LogP contribution in [-0.2, 0) is 20.9 Å². The van der Waals surface area contributed by atoms with Crippen molar-refractivity contribution < 1.29 is 13.9 Å². The largest absolute Gasteiger partial charge is 0.780 e. The number of quaternary nitrogens is 1. The van der Waals surface area contributed by atoms with E-state index in [1.807, 2.05) is 27.7 Å². The quantitative estimate of drug-likeness (QED) is 0.726. The molecular weight excluding hydrogens is 221 g/mol. The summed E-state index contributed by atoms with van der Waals surface area (Å²) in [4.78, 5) is 11.4. The molecule has 0 aliphatic carbocycles. The maximum Gasteiger partial charge on any atom is 0.115 e. The first-order chi connectivity index (χ1) is 5.83. The highest BCUT2D eigenvalue weighted by molar-refractivity contribution is 8.06. The van der Waals surface area contributed by atoms with E-state index in [2.05, 4.69) is 0 Å². The van der Waals surface area contributed by atoms with Crippen LogP contribution in [0.15, 0.2) is 0 Å². The van der Waals surface area contributed by atoms with Crippen LogP contribution in [0.25, 0.3) is 0 Å². The summed E-state index contributed by atoms with van der Waals surface area (Å²) in [7, 11) is 0. The Bertz CT molecular complexity index is 171. The molecule has 14 heavy (non-hydrogen) atoms. The minimum Gasteiger partial charge on any atom is -0.780 e. The van der Waals surface area contributed by atoms with E-state index in [9.17, 15) is 4.89 Å². The molecule has 0 aromatic heterocycles. The maximum atomic E-state index is 11.4. The first kappa shape index (κ1) is 16.9. The summed E-state index contributed by atoms with van der Waals surface area (Å²) in [6.07, 6.45) is 0. The van der Waals surface area contributed by atoms with Gasteiger partial charge in [-0.15, -0.1) is 0 Å². The molecule has 0 unspecified atom stereocenters.